The van der Waals surface area contributed by atoms with Gasteiger partial charge >= 0.3 is 0 Å². The summed E-state index contributed by atoms with van der Waals surface area (Å²) in [5, 5.41) is 4.67. The molecule has 1 aromatic heterocycles. The third-order valence-electron chi connectivity index (χ3n) is 1.60. The first kappa shape index (κ1) is 13.5. The molecule has 0 saturated carbocycles. The molecule has 2 heterocycles. The molecule has 5 nitrogen and oxygen atoms in total. The van der Waals surface area contributed by atoms with Crippen LogP contribution in [0.2, 0.25) is 0 Å². The third kappa shape index (κ3) is 3.36. The maximum atomic E-state index is 5.52. The van der Waals surface area contributed by atoms with Crippen LogP contribution in [0.4, 0.5) is 0 Å². The van der Waals surface area contributed by atoms with E-state index in [1.807, 2.05) is 0 Å². The van der Waals surface area contributed by atoms with Crippen LogP contribution in [0, 0.1) is 0 Å². The molecule has 0 amide bonds. The first-order valence-corrected chi connectivity index (χ1v) is 4.61. The van der Waals surface area contributed by atoms with E-state index in [1.54, 1.807) is 22.8 Å². The number of nitrogens with two attached hydrogens (primary N) is 1. The van der Waals surface area contributed by atoms with Crippen molar-refractivity contribution in [2.24, 2.45) is 10.7 Å². The van der Waals surface area contributed by atoms with E-state index >= 15 is 0 Å². The summed E-state index contributed by atoms with van der Waals surface area (Å²) in [7, 11) is 0. The zero-order valence-corrected chi connectivity index (χ0v) is 9.69. The maximum Gasteiger partial charge on any atom is 0.154 e. The molecule has 1 aliphatic rings. The van der Waals surface area contributed by atoms with Gasteiger partial charge in [-0.25, -0.2) is 4.98 Å². The van der Waals surface area contributed by atoms with Crippen molar-refractivity contribution in [2.45, 2.75) is 12.6 Å². The van der Waals surface area contributed by atoms with Crippen molar-refractivity contribution >= 4 is 41.7 Å². The highest BCUT2D eigenvalue weighted by molar-refractivity contribution is 8.14. The summed E-state index contributed by atoms with van der Waals surface area (Å²) in [4.78, 5) is 8.08. The second-order valence-corrected chi connectivity index (χ2v) is 3.59. The largest absolute Gasteiger partial charge is 0.379 e. The molecular weight excluding hydrogens is 245 g/mol. The van der Waals surface area contributed by atoms with E-state index < -0.39 is 0 Å². The molecule has 1 aliphatic heterocycles. The Balaban J connectivity index is 0.000000845. The summed E-state index contributed by atoms with van der Waals surface area (Å²) < 4.78 is 1.77. The Hall–Kier alpha value is -0.460. The van der Waals surface area contributed by atoms with Crippen molar-refractivity contribution in [1.82, 2.24) is 14.8 Å². The van der Waals surface area contributed by atoms with Crippen LogP contribution in [-0.2, 0) is 6.54 Å². The van der Waals surface area contributed by atoms with Crippen molar-refractivity contribution in [1.29, 1.82) is 0 Å². The van der Waals surface area contributed by atoms with Crippen molar-refractivity contribution in [3.05, 3.63) is 12.7 Å². The first-order valence-electron chi connectivity index (χ1n) is 3.63. The van der Waals surface area contributed by atoms with Gasteiger partial charge in [-0.2, -0.15) is 5.10 Å². The minimum absolute atomic E-state index is 0. The maximum absolute atomic E-state index is 5.52. The summed E-state index contributed by atoms with van der Waals surface area (Å²) in [5.41, 5.74) is 5.52. The molecule has 0 aromatic carbocycles. The van der Waals surface area contributed by atoms with E-state index in [2.05, 4.69) is 15.1 Å². The minimum Gasteiger partial charge on any atom is -0.379 e. The zero-order valence-electron chi connectivity index (χ0n) is 7.24. The molecule has 0 radical (unpaired) electrons. The highest BCUT2D eigenvalue weighted by atomic mass is 35.5. The standard InChI is InChI=1S/C6H9N5S.2ClH/c7-6-10-5(2-12-6)1-11-4-8-3-9-11;;/h3-5H,1-2H2,(H2,7,10);2*1H/t5-;;/m0../s1. The van der Waals surface area contributed by atoms with Crippen LogP contribution in [0.1, 0.15) is 0 Å². The van der Waals surface area contributed by atoms with E-state index in [-0.39, 0.29) is 30.9 Å². The SMILES string of the molecule is Cl.Cl.NC1=N[C@@H](Cn2cncn2)CS1. The monoisotopic (exact) mass is 255 g/mol. The summed E-state index contributed by atoms with van der Waals surface area (Å²) in [5.74, 6) is 0.950. The molecule has 2 N–H and O–H groups in total. The summed E-state index contributed by atoms with van der Waals surface area (Å²) in [6, 6.07) is 0.261. The van der Waals surface area contributed by atoms with Crippen LogP contribution in [0.25, 0.3) is 0 Å². The molecule has 0 unspecified atom stereocenters. The molecule has 0 aliphatic carbocycles. The van der Waals surface area contributed by atoms with Gasteiger partial charge in [-0.15, -0.1) is 24.8 Å². The number of aliphatic imine (C=N–C) groups is 1. The Kier molecular flexibility index (Phi) is 5.90. The van der Waals surface area contributed by atoms with Gasteiger partial charge < -0.3 is 5.73 Å². The highest BCUT2D eigenvalue weighted by Gasteiger charge is 2.16. The molecule has 8 heteroatoms. The molecule has 0 fully saturated rings. The fourth-order valence-electron chi connectivity index (χ4n) is 1.07. The van der Waals surface area contributed by atoms with Gasteiger partial charge in [0.15, 0.2) is 5.17 Å². The topological polar surface area (TPSA) is 69.1 Å². The molecular formula is C6H11Cl2N5S. The van der Waals surface area contributed by atoms with Crippen LogP contribution >= 0.6 is 36.6 Å². The van der Waals surface area contributed by atoms with Gasteiger partial charge in [0, 0.05) is 5.75 Å². The number of rotatable bonds is 2. The number of hydrogen-bond donors (Lipinski definition) is 1. The van der Waals surface area contributed by atoms with E-state index in [1.165, 1.54) is 6.33 Å². The first-order chi connectivity index (χ1) is 5.84. The molecule has 0 saturated heterocycles. The fourth-order valence-corrected chi connectivity index (χ4v) is 1.84. The number of hydrogen-bond acceptors (Lipinski definition) is 5. The van der Waals surface area contributed by atoms with E-state index in [4.69, 9.17) is 5.73 Å². The van der Waals surface area contributed by atoms with Gasteiger partial charge in [0.25, 0.3) is 0 Å². The molecule has 0 bridgehead atoms. The van der Waals surface area contributed by atoms with Crippen LogP contribution in [0.3, 0.4) is 0 Å². The van der Waals surface area contributed by atoms with Gasteiger partial charge in [0.2, 0.25) is 0 Å². The van der Waals surface area contributed by atoms with Gasteiger partial charge in [-0.3, -0.25) is 9.67 Å². The number of aromatic nitrogens is 3. The summed E-state index contributed by atoms with van der Waals surface area (Å²) in [6.45, 7) is 0.772. The van der Waals surface area contributed by atoms with Gasteiger partial charge in [0.1, 0.15) is 12.7 Å². The lowest BCUT2D eigenvalue weighted by atomic mass is 10.3. The Bertz CT molecular complexity index is 288. The van der Waals surface area contributed by atoms with Crippen molar-refractivity contribution in [3.8, 4) is 0 Å². The Morgan fingerprint density at radius 1 is 1.57 bits per heavy atom. The molecule has 80 valence electrons. The van der Waals surface area contributed by atoms with Crippen LogP contribution in [0.5, 0.6) is 0 Å². The summed E-state index contributed by atoms with van der Waals surface area (Å²) in [6.07, 6.45) is 3.21. The number of amidine groups is 1. The smallest absolute Gasteiger partial charge is 0.154 e. The molecule has 0 spiro atoms. The van der Waals surface area contributed by atoms with Crippen LogP contribution in [-0.4, -0.2) is 31.7 Å². The quantitative estimate of drug-likeness (QED) is 0.839. The van der Waals surface area contributed by atoms with Gasteiger partial charge in [0.05, 0.1) is 12.6 Å². The van der Waals surface area contributed by atoms with E-state index in [9.17, 15) is 0 Å². The van der Waals surface area contributed by atoms with E-state index in [0.717, 1.165) is 12.3 Å². The predicted molar refractivity (Wildman–Crippen MR) is 62.4 cm³/mol. The normalized spacial score (nSPS) is 19.4. The number of halogens is 2. The Morgan fingerprint density at radius 2 is 2.36 bits per heavy atom. The zero-order chi connectivity index (χ0) is 8.39. The molecule has 2 rings (SSSR count). The minimum atomic E-state index is 0. The van der Waals surface area contributed by atoms with Gasteiger partial charge in [-0.05, 0) is 0 Å². The molecule has 1 aromatic rings. The summed E-state index contributed by atoms with van der Waals surface area (Å²) >= 11 is 1.59. The fraction of sp³-hybridized carbons (Fsp3) is 0.500. The molecule has 1 atom stereocenters. The van der Waals surface area contributed by atoms with Crippen molar-refractivity contribution in [3.63, 3.8) is 0 Å². The number of nitrogens with zero attached hydrogens (tertiary/aromatic N) is 4. The van der Waals surface area contributed by atoms with Crippen molar-refractivity contribution in [2.75, 3.05) is 5.75 Å². The molecule has 14 heavy (non-hydrogen) atoms. The third-order valence-corrected chi connectivity index (χ3v) is 2.55. The lowest BCUT2D eigenvalue weighted by molar-refractivity contribution is 0.548. The van der Waals surface area contributed by atoms with Crippen molar-refractivity contribution < 1.29 is 0 Å². The second-order valence-electron chi connectivity index (χ2n) is 2.55. The average Bonchev–Trinajstić information content (AvgIpc) is 2.63. The Labute approximate surface area is 98.4 Å². The lowest BCUT2D eigenvalue weighted by Crippen LogP contribution is -2.14. The van der Waals surface area contributed by atoms with Crippen LogP contribution in [0.15, 0.2) is 17.6 Å². The van der Waals surface area contributed by atoms with E-state index in [0.29, 0.717) is 5.17 Å². The Morgan fingerprint density at radius 3 is 2.86 bits per heavy atom. The lowest BCUT2D eigenvalue weighted by Gasteiger charge is -2.03. The number of thioether (sulfide) groups is 1. The van der Waals surface area contributed by atoms with Gasteiger partial charge in [-0.1, -0.05) is 11.8 Å². The predicted octanol–water partition coefficient (Wildman–Crippen LogP) is 0.552. The average molecular weight is 256 g/mol. The highest BCUT2D eigenvalue weighted by Crippen LogP contribution is 2.15. The second kappa shape index (κ2) is 6.10. The van der Waals surface area contributed by atoms with Crippen LogP contribution < -0.4 is 5.73 Å².